The quantitative estimate of drug-likeness (QED) is 0.0169. The minimum atomic E-state index is -4.99. The first-order valence-electron chi connectivity index (χ1n) is 41.8. The van der Waals surface area contributed by atoms with Crippen LogP contribution in [0.5, 0.6) is 0 Å². The van der Waals surface area contributed by atoms with Crippen LogP contribution in [0, 0.1) is 0 Å². The molecule has 0 amide bonds. The molecule has 106 heavy (non-hydrogen) atoms. The lowest BCUT2D eigenvalue weighted by atomic mass is 10.0. The van der Waals surface area contributed by atoms with E-state index in [4.69, 9.17) is 37.0 Å². The molecular formula is C87H150O17P2. The molecule has 17 nitrogen and oxygen atoms in total. The first kappa shape index (κ1) is 101. The highest BCUT2D eigenvalue weighted by Crippen LogP contribution is 2.45. The molecule has 5 unspecified atom stereocenters. The molecule has 3 N–H and O–H groups in total. The van der Waals surface area contributed by atoms with E-state index in [1.807, 2.05) is 12.2 Å². The molecule has 0 heterocycles. The molecule has 0 radical (unpaired) electrons. The van der Waals surface area contributed by atoms with Gasteiger partial charge in [0.1, 0.15) is 19.3 Å². The Morgan fingerprint density at radius 3 is 0.811 bits per heavy atom. The average Bonchev–Trinajstić information content (AvgIpc) is 0.928. The number of rotatable bonds is 78. The molecule has 610 valence electrons. The van der Waals surface area contributed by atoms with Crippen LogP contribution in [0.25, 0.3) is 0 Å². The average molecular weight is 1530 g/mol. The molecule has 0 spiro atoms. The number of esters is 4. The number of unbranched alkanes of at least 4 members (excludes halogenated alkanes) is 32. The van der Waals surface area contributed by atoms with Gasteiger partial charge in [-0.3, -0.25) is 37.3 Å². The largest absolute Gasteiger partial charge is 0.472 e. The Bertz CT molecular complexity index is 2480. The van der Waals surface area contributed by atoms with Crippen molar-refractivity contribution in [1.29, 1.82) is 0 Å². The van der Waals surface area contributed by atoms with E-state index in [1.165, 1.54) is 103 Å². The number of ether oxygens (including phenoxy) is 4. The number of phosphoric acid groups is 2. The molecule has 0 saturated carbocycles. The smallest absolute Gasteiger partial charge is 0.462 e. The minimum Gasteiger partial charge on any atom is -0.462 e. The number of allylic oxidation sites excluding steroid dienone is 20. The summed E-state index contributed by atoms with van der Waals surface area (Å²) in [6, 6.07) is 0. The number of aliphatic hydroxyl groups excluding tert-OH is 1. The van der Waals surface area contributed by atoms with Crippen LogP contribution in [0.4, 0.5) is 0 Å². The fraction of sp³-hybridized carbons (Fsp3) is 0.724. The van der Waals surface area contributed by atoms with Crippen molar-refractivity contribution < 1.29 is 80.2 Å². The second-order valence-corrected chi connectivity index (χ2v) is 30.6. The van der Waals surface area contributed by atoms with Gasteiger partial charge in [-0.1, -0.05) is 310 Å². The van der Waals surface area contributed by atoms with Gasteiger partial charge in [-0.05, 0) is 135 Å². The zero-order valence-corrected chi connectivity index (χ0v) is 68.6. The molecule has 0 rings (SSSR count). The summed E-state index contributed by atoms with van der Waals surface area (Å²) in [5, 5.41) is 10.7. The van der Waals surface area contributed by atoms with Crippen molar-refractivity contribution in [1.82, 2.24) is 0 Å². The monoisotopic (exact) mass is 1530 g/mol. The summed E-state index contributed by atoms with van der Waals surface area (Å²) >= 11 is 0. The van der Waals surface area contributed by atoms with Crippen molar-refractivity contribution in [3.05, 3.63) is 122 Å². The topological polar surface area (TPSA) is 237 Å². The predicted molar refractivity (Wildman–Crippen MR) is 436 cm³/mol. The zero-order valence-electron chi connectivity index (χ0n) is 66.8. The van der Waals surface area contributed by atoms with Gasteiger partial charge in [0.2, 0.25) is 0 Å². The number of aliphatic hydroxyl groups is 1. The number of carbonyl (C=O) groups is 4. The summed E-state index contributed by atoms with van der Waals surface area (Å²) < 4.78 is 68.7. The van der Waals surface area contributed by atoms with Gasteiger partial charge in [0.15, 0.2) is 12.2 Å². The Kier molecular flexibility index (Phi) is 75.2. The second-order valence-electron chi connectivity index (χ2n) is 27.7. The Hall–Kier alpha value is -4.54. The van der Waals surface area contributed by atoms with Crippen molar-refractivity contribution in [2.24, 2.45) is 0 Å². The number of phosphoric ester groups is 2. The van der Waals surface area contributed by atoms with Crippen LogP contribution in [0.2, 0.25) is 0 Å². The van der Waals surface area contributed by atoms with Crippen LogP contribution < -0.4 is 0 Å². The van der Waals surface area contributed by atoms with E-state index in [9.17, 15) is 43.2 Å². The molecule has 0 bridgehead atoms. The Balaban J connectivity index is 5.42. The number of hydrogen-bond acceptors (Lipinski definition) is 15. The van der Waals surface area contributed by atoms with Gasteiger partial charge in [0, 0.05) is 25.7 Å². The van der Waals surface area contributed by atoms with E-state index in [2.05, 4.69) is 137 Å². The maximum absolute atomic E-state index is 13.1. The van der Waals surface area contributed by atoms with E-state index in [-0.39, 0.29) is 25.7 Å². The lowest BCUT2D eigenvalue weighted by Crippen LogP contribution is -2.30. The van der Waals surface area contributed by atoms with Crippen molar-refractivity contribution in [2.45, 2.75) is 367 Å². The highest BCUT2D eigenvalue weighted by molar-refractivity contribution is 7.47. The summed E-state index contributed by atoms with van der Waals surface area (Å²) in [7, 11) is -9.98. The highest BCUT2D eigenvalue weighted by atomic mass is 31.2. The SMILES string of the molecule is CC/C=C\C/C=C\C/C=C\C/C=C\C/C=C\CCCC(=O)OCC(COP(=O)(O)OCC(O)COP(=O)(O)OCC(COC(=O)CCCCCCCC/C=C\C/C=C\C/C=C\CCCCC)OC(=O)CCCCCCC/C=C\C/C=C\CCCCC)OC(=O)CCCCCCCCCCCCCCCCC. The maximum Gasteiger partial charge on any atom is 0.472 e. The molecule has 19 heteroatoms. The van der Waals surface area contributed by atoms with Gasteiger partial charge in [0.05, 0.1) is 26.4 Å². The van der Waals surface area contributed by atoms with Gasteiger partial charge in [-0.25, -0.2) is 9.13 Å². The van der Waals surface area contributed by atoms with E-state index in [1.54, 1.807) is 0 Å². The van der Waals surface area contributed by atoms with Crippen LogP contribution >= 0.6 is 15.6 Å². The molecule has 0 saturated heterocycles. The highest BCUT2D eigenvalue weighted by Gasteiger charge is 2.30. The summed E-state index contributed by atoms with van der Waals surface area (Å²) in [5.74, 6) is -2.26. The Morgan fingerprint density at radius 1 is 0.274 bits per heavy atom. The third-order valence-corrected chi connectivity index (χ3v) is 19.3. The van der Waals surface area contributed by atoms with Crippen LogP contribution in [0.15, 0.2) is 122 Å². The first-order valence-corrected chi connectivity index (χ1v) is 44.8. The Morgan fingerprint density at radius 2 is 0.500 bits per heavy atom. The lowest BCUT2D eigenvalue weighted by Gasteiger charge is -2.21. The lowest BCUT2D eigenvalue weighted by molar-refractivity contribution is -0.161. The van der Waals surface area contributed by atoms with Crippen LogP contribution in [0.3, 0.4) is 0 Å². The molecule has 0 fully saturated rings. The van der Waals surface area contributed by atoms with Gasteiger partial charge in [-0.15, -0.1) is 0 Å². The molecule has 0 aromatic heterocycles. The molecule has 0 aliphatic heterocycles. The van der Waals surface area contributed by atoms with Gasteiger partial charge < -0.3 is 33.8 Å². The number of carbonyl (C=O) groups excluding carboxylic acids is 4. The molecule has 0 aliphatic carbocycles. The van der Waals surface area contributed by atoms with Crippen LogP contribution in [-0.4, -0.2) is 96.7 Å². The predicted octanol–water partition coefficient (Wildman–Crippen LogP) is 24.7. The Labute approximate surface area is 644 Å². The minimum absolute atomic E-state index is 0.0736. The van der Waals surface area contributed by atoms with Crippen molar-refractivity contribution >= 4 is 39.5 Å². The van der Waals surface area contributed by atoms with Crippen molar-refractivity contribution in [2.75, 3.05) is 39.6 Å². The van der Waals surface area contributed by atoms with E-state index < -0.39 is 97.5 Å². The maximum atomic E-state index is 13.1. The second kappa shape index (κ2) is 78.6. The summed E-state index contributed by atoms with van der Waals surface area (Å²) in [6.07, 6.45) is 87.4. The normalized spacial score (nSPS) is 14.4. The zero-order chi connectivity index (χ0) is 77.4. The fourth-order valence-electron chi connectivity index (χ4n) is 11.1. The molecule has 0 aromatic carbocycles. The van der Waals surface area contributed by atoms with Crippen LogP contribution in [0.1, 0.15) is 349 Å². The molecular weight excluding hydrogens is 1380 g/mol. The number of hydrogen-bond donors (Lipinski definition) is 3. The summed E-state index contributed by atoms with van der Waals surface area (Å²) in [6.45, 7) is 4.66. The third-order valence-electron chi connectivity index (χ3n) is 17.4. The van der Waals surface area contributed by atoms with Crippen molar-refractivity contribution in [3.8, 4) is 0 Å². The van der Waals surface area contributed by atoms with Gasteiger partial charge >= 0.3 is 39.5 Å². The fourth-order valence-corrected chi connectivity index (χ4v) is 12.6. The van der Waals surface area contributed by atoms with Gasteiger partial charge in [0.25, 0.3) is 0 Å². The first-order chi connectivity index (χ1) is 51.7. The van der Waals surface area contributed by atoms with Crippen molar-refractivity contribution in [3.63, 3.8) is 0 Å². The molecule has 5 atom stereocenters. The molecule has 0 aliphatic rings. The van der Waals surface area contributed by atoms with E-state index in [0.29, 0.717) is 32.1 Å². The summed E-state index contributed by atoms with van der Waals surface area (Å²) in [4.78, 5) is 73.1. The van der Waals surface area contributed by atoms with Crippen LogP contribution in [-0.2, 0) is 65.4 Å². The van der Waals surface area contributed by atoms with E-state index >= 15 is 0 Å². The van der Waals surface area contributed by atoms with E-state index in [0.717, 1.165) is 161 Å². The standard InChI is InChI=1S/C87H150O17P2/c1-5-9-13-17-21-25-29-33-37-39-40-42-46-48-52-56-60-64-68-72-85(90)98-78-83(104-87(92)74-70-66-62-58-54-50-44-36-32-28-24-20-16-12-8-4)80-102-106(95,96)100-76-81(88)75-99-105(93,94)101-79-82(103-86(91)73-69-65-61-57-53-49-43-35-31-27-23-19-15-11-7-3)77-97-84(89)71-67-63-59-55-51-47-45-41-38-34-30-26-22-18-14-10-6-2/h10,14,21-22,24-26,28,33-34,36-38,40,42,44-45,47,55,59,81-83,88H,5-9,11-13,15-20,23,27,29-32,35,39,41,43,46,48-54,56-58,60-80H2,1-4H3,(H,93,94)(H,95,96)/b14-10-,25-21-,26-22-,28-24-,37-33-,38-34-,42-40-,44-36-,47-45-,59-55-. The molecule has 0 aromatic rings. The summed E-state index contributed by atoms with van der Waals surface area (Å²) in [5.41, 5.74) is 0. The third kappa shape index (κ3) is 77.6. The van der Waals surface area contributed by atoms with Gasteiger partial charge in [-0.2, -0.15) is 0 Å².